The third-order valence-corrected chi connectivity index (χ3v) is 4.28. The second-order valence-corrected chi connectivity index (χ2v) is 6.75. The van der Waals surface area contributed by atoms with Gasteiger partial charge in [0.2, 0.25) is 5.82 Å². The van der Waals surface area contributed by atoms with E-state index in [0.29, 0.717) is 16.7 Å². The van der Waals surface area contributed by atoms with Crippen LogP contribution in [-0.2, 0) is 6.42 Å². The molecule has 3 heterocycles. The highest BCUT2D eigenvalue weighted by atomic mass is 35.5. The molecule has 8 heteroatoms. The molecule has 0 saturated heterocycles. The Morgan fingerprint density at radius 1 is 1.07 bits per heavy atom. The van der Waals surface area contributed by atoms with Crippen molar-refractivity contribution in [3.8, 4) is 22.8 Å². The van der Waals surface area contributed by atoms with Crippen molar-refractivity contribution in [2.24, 2.45) is 0 Å². The molecule has 3 aromatic heterocycles. The molecule has 0 fully saturated rings. The lowest BCUT2D eigenvalue weighted by Crippen LogP contribution is -2.19. The molecule has 0 aliphatic rings. The average Bonchev–Trinajstić information content (AvgIpc) is 3.19. The van der Waals surface area contributed by atoms with Gasteiger partial charge >= 0.3 is 0 Å². The molecule has 4 aromatic rings. The maximum atomic E-state index is 6.02. The molecule has 1 atom stereocenters. The first-order chi connectivity index (χ1) is 13.7. The highest BCUT2D eigenvalue weighted by Gasteiger charge is 2.12. The van der Waals surface area contributed by atoms with Gasteiger partial charge in [-0.1, -0.05) is 28.9 Å². The largest absolute Gasteiger partial charge is 0.367 e. The fourth-order valence-corrected chi connectivity index (χ4v) is 2.93. The van der Waals surface area contributed by atoms with Crippen molar-refractivity contribution in [1.82, 2.24) is 25.1 Å². The number of anilines is 1. The minimum atomic E-state index is 0.160. The molecule has 1 unspecified atom stereocenters. The molecule has 140 valence electrons. The lowest BCUT2D eigenvalue weighted by atomic mass is 10.2. The Hall–Kier alpha value is -3.32. The number of halogens is 1. The van der Waals surface area contributed by atoms with E-state index in [1.165, 1.54) is 0 Å². The molecule has 0 amide bonds. The summed E-state index contributed by atoms with van der Waals surface area (Å²) in [5.41, 5.74) is 2.47. The van der Waals surface area contributed by atoms with Crippen molar-refractivity contribution in [2.45, 2.75) is 19.4 Å². The predicted molar refractivity (Wildman–Crippen MR) is 107 cm³/mol. The van der Waals surface area contributed by atoms with Crippen LogP contribution in [0.5, 0.6) is 0 Å². The van der Waals surface area contributed by atoms with Crippen LogP contribution in [0.25, 0.3) is 22.8 Å². The molecule has 0 bridgehead atoms. The third-order valence-electron chi connectivity index (χ3n) is 4.05. The van der Waals surface area contributed by atoms with Crippen molar-refractivity contribution >= 4 is 17.4 Å². The second kappa shape index (κ2) is 8.14. The summed E-state index contributed by atoms with van der Waals surface area (Å²) in [6, 6.07) is 11.2. The van der Waals surface area contributed by atoms with Gasteiger partial charge in [-0.05, 0) is 31.2 Å². The van der Waals surface area contributed by atoms with Gasteiger partial charge in [-0.15, -0.1) is 0 Å². The van der Waals surface area contributed by atoms with Crippen LogP contribution < -0.4 is 5.32 Å². The smallest absolute Gasteiger partial charge is 0.259 e. The Labute approximate surface area is 166 Å². The van der Waals surface area contributed by atoms with Gasteiger partial charge in [0.05, 0.1) is 11.3 Å². The lowest BCUT2D eigenvalue weighted by Gasteiger charge is -2.13. The first kappa shape index (κ1) is 18.1. The van der Waals surface area contributed by atoms with Crippen LogP contribution in [0.1, 0.15) is 12.6 Å². The van der Waals surface area contributed by atoms with Crippen molar-refractivity contribution < 1.29 is 4.52 Å². The van der Waals surface area contributed by atoms with E-state index >= 15 is 0 Å². The summed E-state index contributed by atoms with van der Waals surface area (Å²) in [4.78, 5) is 17.2. The van der Waals surface area contributed by atoms with Crippen LogP contribution >= 0.6 is 11.6 Å². The number of aromatic nitrogens is 5. The molecule has 28 heavy (non-hydrogen) atoms. The SMILES string of the molecule is CC(Cc1cnccn1)Nc1ccc(-c2nc(-c3cccc(Cl)c3)no2)cn1. The van der Waals surface area contributed by atoms with E-state index in [4.69, 9.17) is 16.1 Å². The van der Waals surface area contributed by atoms with E-state index in [1.54, 1.807) is 36.9 Å². The minimum Gasteiger partial charge on any atom is -0.367 e. The zero-order chi connectivity index (χ0) is 19.3. The average molecular weight is 393 g/mol. The first-order valence-electron chi connectivity index (χ1n) is 8.75. The van der Waals surface area contributed by atoms with Crippen LogP contribution in [0.2, 0.25) is 5.02 Å². The van der Waals surface area contributed by atoms with Gasteiger partial charge in [0.15, 0.2) is 0 Å². The first-order valence-corrected chi connectivity index (χ1v) is 9.13. The highest BCUT2D eigenvalue weighted by Crippen LogP contribution is 2.24. The molecule has 1 aromatic carbocycles. The fourth-order valence-electron chi connectivity index (χ4n) is 2.74. The maximum Gasteiger partial charge on any atom is 0.259 e. The molecule has 0 aliphatic carbocycles. The summed E-state index contributed by atoms with van der Waals surface area (Å²) >= 11 is 6.02. The Balaban J connectivity index is 1.43. The molecule has 7 nitrogen and oxygen atoms in total. The summed E-state index contributed by atoms with van der Waals surface area (Å²) in [5.74, 6) is 1.65. The number of hydrogen-bond donors (Lipinski definition) is 1. The molecule has 4 rings (SSSR count). The standard InChI is InChI=1S/C20H17ClN6O/c1-13(9-17-12-22-7-8-23-17)25-18-6-5-15(11-24-18)20-26-19(27-28-20)14-3-2-4-16(21)10-14/h2-8,10-13H,9H2,1H3,(H,24,25). The molecular formula is C20H17ClN6O. The Morgan fingerprint density at radius 3 is 2.75 bits per heavy atom. The zero-order valence-electron chi connectivity index (χ0n) is 15.1. The molecule has 0 saturated carbocycles. The van der Waals surface area contributed by atoms with Gasteiger partial charge in [-0.25, -0.2) is 4.98 Å². The topological polar surface area (TPSA) is 89.6 Å². The summed E-state index contributed by atoms with van der Waals surface area (Å²) in [6.07, 6.45) is 7.58. The predicted octanol–water partition coefficient (Wildman–Crippen LogP) is 4.29. The molecule has 1 N–H and O–H groups in total. The van der Waals surface area contributed by atoms with Gasteiger partial charge in [-0.2, -0.15) is 4.98 Å². The van der Waals surface area contributed by atoms with Crippen LogP contribution in [0.4, 0.5) is 5.82 Å². The number of pyridine rings is 1. The van der Waals surface area contributed by atoms with Gasteiger partial charge < -0.3 is 9.84 Å². The van der Waals surface area contributed by atoms with Crippen LogP contribution in [0.3, 0.4) is 0 Å². The lowest BCUT2D eigenvalue weighted by molar-refractivity contribution is 0.432. The van der Waals surface area contributed by atoms with Crippen molar-refractivity contribution in [2.75, 3.05) is 5.32 Å². The van der Waals surface area contributed by atoms with Gasteiger partial charge in [-0.3, -0.25) is 9.97 Å². The van der Waals surface area contributed by atoms with Crippen LogP contribution in [0, 0.1) is 0 Å². The number of rotatable bonds is 6. The van der Waals surface area contributed by atoms with Crippen molar-refractivity contribution in [3.63, 3.8) is 0 Å². The van der Waals surface area contributed by atoms with E-state index in [0.717, 1.165) is 29.1 Å². The van der Waals surface area contributed by atoms with E-state index in [1.807, 2.05) is 24.3 Å². The zero-order valence-corrected chi connectivity index (χ0v) is 15.8. The monoisotopic (exact) mass is 392 g/mol. The minimum absolute atomic E-state index is 0.160. The maximum absolute atomic E-state index is 6.02. The molecule has 0 aliphatic heterocycles. The van der Waals surface area contributed by atoms with E-state index in [-0.39, 0.29) is 6.04 Å². The quantitative estimate of drug-likeness (QED) is 0.523. The van der Waals surface area contributed by atoms with E-state index in [2.05, 4.69) is 37.3 Å². The highest BCUT2D eigenvalue weighted by molar-refractivity contribution is 6.30. The fraction of sp³-hybridized carbons (Fsp3) is 0.150. The van der Waals surface area contributed by atoms with Gasteiger partial charge in [0.1, 0.15) is 5.82 Å². The summed E-state index contributed by atoms with van der Waals surface area (Å²) < 4.78 is 5.37. The molecular weight excluding hydrogens is 376 g/mol. The van der Waals surface area contributed by atoms with E-state index < -0.39 is 0 Å². The second-order valence-electron chi connectivity index (χ2n) is 6.31. The number of benzene rings is 1. The number of nitrogens with zero attached hydrogens (tertiary/aromatic N) is 5. The van der Waals surface area contributed by atoms with Gasteiger partial charge in [0, 0.05) is 47.8 Å². The normalized spacial score (nSPS) is 11.9. The number of hydrogen-bond acceptors (Lipinski definition) is 7. The third kappa shape index (κ3) is 4.32. The Bertz CT molecular complexity index is 1050. The van der Waals surface area contributed by atoms with Crippen LogP contribution in [-0.4, -0.2) is 31.1 Å². The summed E-state index contributed by atoms with van der Waals surface area (Å²) in [5, 5.41) is 7.99. The molecule has 0 radical (unpaired) electrons. The number of nitrogens with one attached hydrogen (secondary N) is 1. The van der Waals surface area contributed by atoms with Crippen LogP contribution in [0.15, 0.2) is 65.7 Å². The molecule has 0 spiro atoms. The van der Waals surface area contributed by atoms with Crippen molar-refractivity contribution in [1.29, 1.82) is 0 Å². The Kier molecular flexibility index (Phi) is 5.25. The van der Waals surface area contributed by atoms with E-state index in [9.17, 15) is 0 Å². The summed E-state index contributed by atoms with van der Waals surface area (Å²) in [7, 11) is 0. The Morgan fingerprint density at radius 2 is 2.00 bits per heavy atom. The van der Waals surface area contributed by atoms with Crippen molar-refractivity contribution in [3.05, 3.63) is 71.9 Å². The summed E-state index contributed by atoms with van der Waals surface area (Å²) in [6.45, 7) is 2.07. The van der Waals surface area contributed by atoms with Gasteiger partial charge in [0.25, 0.3) is 5.89 Å².